The van der Waals surface area contributed by atoms with Crippen molar-refractivity contribution in [3.63, 3.8) is 0 Å². The molecule has 0 unspecified atom stereocenters. The molecule has 1 atom stereocenters. The molecule has 0 amide bonds. The Morgan fingerprint density at radius 3 is 2.65 bits per heavy atom. The summed E-state index contributed by atoms with van der Waals surface area (Å²) in [7, 11) is 0. The molecule has 0 aliphatic heterocycles. The van der Waals surface area contributed by atoms with Gasteiger partial charge in [0.05, 0.1) is 11.7 Å². The molecule has 0 spiro atoms. The molecule has 3 aromatic rings. The molecule has 1 heterocycles. The van der Waals surface area contributed by atoms with Crippen molar-refractivity contribution in [2.45, 2.75) is 19.3 Å². The minimum atomic E-state index is 0.350. The van der Waals surface area contributed by atoms with E-state index >= 15 is 0 Å². The average Bonchev–Trinajstić information content (AvgIpc) is 2.49. The number of benzene rings is 2. The molecule has 3 heteroatoms. The number of rotatable bonds is 3. The minimum absolute atomic E-state index is 0.350. The van der Waals surface area contributed by atoms with Crippen LogP contribution in [0.4, 0.5) is 0 Å². The van der Waals surface area contributed by atoms with Crippen molar-refractivity contribution in [3.8, 4) is 0 Å². The lowest BCUT2D eigenvalue weighted by Crippen LogP contribution is -2.02. The Morgan fingerprint density at radius 2 is 1.90 bits per heavy atom. The van der Waals surface area contributed by atoms with E-state index in [0.717, 1.165) is 16.4 Å². The molecule has 0 saturated carbocycles. The molecule has 100 valence electrons. The Morgan fingerprint density at radius 1 is 1.10 bits per heavy atom. The number of fused-ring (bicyclic) bond motifs is 1. The summed E-state index contributed by atoms with van der Waals surface area (Å²) < 4.78 is 1.07. The fourth-order valence-electron chi connectivity index (χ4n) is 2.65. The highest BCUT2D eigenvalue weighted by atomic mass is 79.9. The van der Waals surface area contributed by atoms with Crippen molar-refractivity contribution < 1.29 is 0 Å². The molecule has 0 N–H and O–H groups in total. The molecule has 0 radical (unpaired) electrons. The van der Waals surface area contributed by atoms with Crippen LogP contribution in [0.2, 0.25) is 0 Å². The molecule has 3 rings (SSSR count). The third-order valence-electron chi connectivity index (χ3n) is 3.62. The quantitative estimate of drug-likeness (QED) is 0.681. The molecule has 0 fully saturated rings. The van der Waals surface area contributed by atoms with Crippen molar-refractivity contribution in [2.24, 2.45) is 0 Å². The van der Waals surface area contributed by atoms with E-state index in [2.05, 4.69) is 69.4 Å². The highest BCUT2D eigenvalue weighted by molar-refractivity contribution is 9.10. The van der Waals surface area contributed by atoms with Gasteiger partial charge < -0.3 is 0 Å². The van der Waals surface area contributed by atoms with Crippen LogP contribution in [0, 0.1) is 0 Å². The van der Waals surface area contributed by atoms with Crippen LogP contribution in [-0.2, 0) is 0 Å². The monoisotopic (exact) mass is 326 g/mol. The fraction of sp³-hybridized carbons (Fsp3) is 0.176. The summed E-state index contributed by atoms with van der Waals surface area (Å²) >= 11 is 3.55. The second kappa shape index (κ2) is 5.71. The summed E-state index contributed by atoms with van der Waals surface area (Å²) in [6.07, 6.45) is 2.94. The molecular weight excluding hydrogens is 312 g/mol. The average molecular weight is 327 g/mol. The van der Waals surface area contributed by atoms with E-state index in [4.69, 9.17) is 0 Å². The van der Waals surface area contributed by atoms with Gasteiger partial charge in [-0.3, -0.25) is 0 Å². The first kappa shape index (κ1) is 13.3. The van der Waals surface area contributed by atoms with Gasteiger partial charge in [0.2, 0.25) is 0 Å². The fourth-order valence-corrected chi connectivity index (χ4v) is 3.01. The predicted octanol–water partition coefficient (Wildman–Crippen LogP) is 4.93. The van der Waals surface area contributed by atoms with Crippen LogP contribution in [0.5, 0.6) is 0 Å². The normalized spacial score (nSPS) is 12.5. The molecule has 2 nitrogen and oxygen atoms in total. The zero-order chi connectivity index (χ0) is 13.9. The zero-order valence-corrected chi connectivity index (χ0v) is 12.8. The van der Waals surface area contributed by atoms with Crippen LogP contribution in [0.1, 0.15) is 30.4 Å². The summed E-state index contributed by atoms with van der Waals surface area (Å²) in [5.74, 6) is 0.350. The van der Waals surface area contributed by atoms with E-state index in [-0.39, 0.29) is 0 Å². The second-order valence-electron chi connectivity index (χ2n) is 4.83. The van der Waals surface area contributed by atoms with Crippen molar-refractivity contribution in [2.75, 3.05) is 0 Å². The summed E-state index contributed by atoms with van der Waals surface area (Å²) in [5, 5.41) is 9.57. The van der Waals surface area contributed by atoms with Gasteiger partial charge in [-0.25, -0.2) is 0 Å². The molecule has 0 aliphatic carbocycles. The Balaban J connectivity index is 2.19. The van der Waals surface area contributed by atoms with E-state index in [0.29, 0.717) is 5.92 Å². The van der Waals surface area contributed by atoms with Gasteiger partial charge in [0, 0.05) is 15.8 Å². The second-order valence-corrected chi connectivity index (χ2v) is 5.75. The van der Waals surface area contributed by atoms with Crippen LogP contribution >= 0.6 is 15.9 Å². The van der Waals surface area contributed by atoms with E-state index in [9.17, 15) is 0 Å². The maximum absolute atomic E-state index is 4.22. The number of hydrogen-bond acceptors (Lipinski definition) is 2. The van der Waals surface area contributed by atoms with Gasteiger partial charge in [0.25, 0.3) is 0 Å². The van der Waals surface area contributed by atoms with E-state index in [1.807, 2.05) is 18.3 Å². The van der Waals surface area contributed by atoms with Crippen molar-refractivity contribution in [1.82, 2.24) is 10.2 Å². The van der Waals surface area contributed by atoms with E-state index in [1.165, 1.54) is 16.5 Å². The number of nitrogens with zero attached hydrogens (tertiary/aromatic N) is 2. The van der Waals surface area contributed by atoms with Crippen molar-refractivity contribution >= 4 is 26.8 Å². The molecule has 0 aliphatic rings. The van der Waals surface area contributed by atoms with Gasteiger partial charge >= 0.3 is 0 Å². The van der Waals surface area contributed by atoms with E-state index < -0.39 is 0 Å². The van der Waals surface area contributed by atoms with Gasteiger partial charge in [-0.2, -0.15) is 10.2 Å². The Labute approximate surface area is 127 Å². The van der Waals surface area contributed by atoms with Gasteiger partial charge in [0.15, 0.2) is 0 Å². The summed E-state index contributed by atoms with van der Waals surface area (Å²) in [6.45, 7) is 2.21. The molecule has 20 heavy (non-hydrogen) atoms. The summed E-state index contributed by atoms with van der Waals surface area (Å²) in [5.41, 5.74) is 3.51. The zero-order valence-electron chi connectivity index (χ0n) is 11.3. The number of halogens is 1. The Bertz CT molecular complexity index is 725. The van der Waals surface area contributed by atoms with Crippen LogP contribution in [0.3, 0.4) is 0 Å². The van der Waals surface area contributed by atoms with Crippen molar-refractivity contribution in [1.29, 1.82) is 0 Å². The van der Waals surface area contributed by atoms with Crippen LogP contribution in [-0.4, -0.2) is 10.2 Å². The molecule has 1 aromatic heterocycles. The van der Waals surface area contributed by atoms with Gasteiger partial charge in [-0.05, 0) is 35.7 Å². The third-order valence-corrected chi connectivity index (χ3v) is 4.11. The maximum atomic E-state index is 4.22. The Hall–Kier alpha value is -1.74. The first-order valence-corrected chi connectivity index (χ1v) is 7.54. The summed E-state index contributed by atoms with van der Waals surface area (Å²) in [6, 6.07) is 16.7. The van der Waals surface area contributed by atoms with Gasteiger partial charge in [-0.1, -0.05) is 53.2 Å². The predicted molar refractivity (Wildman–Crippen MR) is 85.8 cm³/mol. The maximum Gasteiger partial charge on any atom is 0.0933 e. The largest absolute Gasteiger partial charge is 0.158 e. The standard InChI is InChI=1S/C17H15BrN2/c1-2-14(12-6-4-3-5-7-12)16-11-19-20-17-9-8-13(18)10-15(16)17/h3-11,14H,2H2,1H3/t14-/m1/s1. The lowest BCUT2D eigenvalue weighted by Gasteiger charge is -2.17. The summed E-state index contributed by atoms with van der Waals surface area (Å²) in [4.78, 5) is 0. The van der Waals surface area contributed by atoms with Gasteiger partial charge in [0.1, 0.15) is 0 Å². The molecule has 0 saturated heterocycles. The minimum Gasteiger partial charge on any atom is -0.158 e. The number of hydrogen-bond donors (Lipinski definition) is 0. The van der Waals surface area contributed by atoms with Crippen molar-refractivity contribution in [3.05, 3.63) is 70.3 Å². The number of aromatic nitrogens is 2. The van der Waals surface area contributed by atoms with Crippen LogP contribution in [0.25, 0.3) is 10.9 Å². The SMILES string of the molecule is CC[C@H](c1ccccc1)c1cnnc2ccc(Br)cc12. The molecule has 2 aromatic carbocycles. The highest BCUT2D eigenvalue weighted by Gasteiger charge is 2.15. The highest BCUT2D eigenvalue weighted by Crippen LogP contribution is 2.32. The van der Waals surface area contributed by atoms with Crippen LogP contribution < -0.4 is 0 Å². The third kappa shape index (κ3) is 2.46. The topological polar surface area (TPSA) is 25.8 Å². The van der Waals surface area contributed by atoms with Gasteiger partial charge in [-0.15, -0.1) is 0 Å². The Kier molecular flexibility index (Phi) is 3.79. The van der Waals surface area contributed by atoms with E-state index in [1.54, 1.807) is 0 Å². The lowest BCUT2D eigenvalue weighted by molar-refractivity contribution is 0.775. The van der Waals surface area contributed by atoms with Crippen LogP contribution in [0.15, 0.2) is 59.2 Å². The molecular formula is C17H15BrN2. The first-order valence-electron chi connectivity index (χ1n) is 6.75. The lowest BCUT2D eigenvalue weighted by atomic mass is 9.88. The smallest absolute Gasteiger partial charge is 0.0933 e. The molecule has 0 bridgehead atoms. The first-order chi connectivity index (χ1) is 9.79.